The average molecular weight is 503 g/mol. The summed E-state index contributed by atoms with van der Waals surface area (Å²) in [6, 6.07) is 13.8. The molecule has 0 fully saturated rings. The first-order chi connectivity index (χ1) is 17.7. The van der Waals surface area contributed by atoms with Crippen molar-refractivity contribution in [2.24, 2.45) is 14.1 Å². The number of benzene rings is 2. The summed E-state index contributed by atoms with van der Waals surface area (Å²) in [6.07, 6.45) is 0.210. The molecule has 0 spiro atoms. The zero-order chi connectivity index (χ0) is 26.4. The second-order valence-corrected chi connectivity index (χ2v) is 8.87. The number of aryl methyl sites for hydroxylation is 2. The lowest BCUT2D eigenvalue weighted by molar-refractivity contribution is -0.153. The van der Waals surface area contributed by atoms with Crippen LogP contribution in [0, 0.1) is 0 Å². The van der Waals surface area contributed by atoms with Gasteiger partial charge in [0, 0.05) is 48.1 Å². The van der Waals surface area contributed by atoms with Crippen LogP contribution in [0.3, 0.4) is 0 Å². The van der Waals surface area contributed by atoms with Crippen molar-refractivity contribution in [2.45, 2.75) is 33.0 Å². The maximum atomic E-state index is 12.8. The van der Waals surface area contributed by atoms with E-state index in [2.05, 4.69) is 27.9 Å². The van der Waals surface area contributed by atoms with E-state index in [1.165, 1.54) is 36.5 Å². The van der Waals surface area contributed by atoms with E-state index >= 15 is 0 Å². The van der Waals surface area contributed by atoms with E-state index in [4.69, 9.17) is 4.74 Å². The molecule has 1 unspecified atom stereocenters. The molecule has 0 saturated carbocycles. The van der Waals surface area contributed by atoms with E-state index in [1.807, 2.05) is 36.4 Å². The molecule has 0 bridgehead atoms. The molecule has 11 heteroatoms. The molecule has 5 aromatic rings. The van der Waals surface area contributed by atoms with Gasteiger partial charge in [-0.05, 0) is 38.1 Å². The Morgan fingerprint density at radius 3 is 2.51 bits per heavy atom. The van der Waals surface area contributed by atoms with Gasteiger partial charge in [0.25, 0.3) is 11.5 Å². The number of fused-ring (bicyclic) bond motifs is 4. The van der Waals surface area contributed by atoms with Gasteiger partial charge in [0.05, 0.1) is 6.33 Å². The lowest BCUT2D eigenvalue weighted by Gasteiger charge is -2.14. The van der Waals surface area contributed by atoms with Gasteiger partial charge in [-0.1, -0.05) is 18.2 Å². The fourth-order valence-corrected chi connectivity index (χ4v) is 4.66. The minimum atomic E-state index is -1.08. The van der Waals surface area contributed by atoms with Gasteiger partial charge in [-0.3, -0.25) is 23.5 Å². The van der Waals surface area contributed by atoms with Crippen molar-refractivity contribution < 1.29 is 14.3 Å². The molecule has 190 valence electrons. The lowest BCUT2D eigenvalue weighted by Crippen LogP contribution is -2.38. The monoisotopic (exact) mass is 502 g/mol. The third-order valence-corrected chi connectivity index (χ3v) is 6.55. The molecule has 3 heterocycles. The number of esters is 1. The number of imidazole rings is 1. The summed E-state index contributed by atoms with van der Waals surface area (Å²) in [5, 5.41) is 4.92. The van der Waals surface area contributed by atoms with Gasteiger partial charge in [0.15, 0.2) is 17.3 Å². The highest BCUT2D eigenvalue weighted by Gasteiger charge is 2.21. The molecule has 5 rings (SSSR count). The van der Waals surface area contributed by atoms with E-state index in [1.54, 1.807) is 0 Å². The first-order valence-electron chi connectivity index (χ1n) is 11.8. The topological polar surface area (TPSA) is 122 Å². The summed E-state index contributed by atoms with van der Waals surface area (Å²) in [5.74, 6) is -1.21. The zero-order valence-corrected chi connectivity index (χ0v) is 20.9. The summed E-state index contributed by atoms with van der Waals surface area (Å²) in [5.41, 5.74) is 1.93. The van der Waals surface area contributed by atoms with Crippen LogP contribution in [0.5, 0.6) is 0 Å². The second-order valence-electron chi connectivity index (χ2n) is 8.87. The maximum absolute atomic E-state index is 12.8. The van der Waals surface area contributed by atoms with Crippen molar-refractivity contribution in [3.63, 3.8) is 0 Å². The lowest BCUT2D eigenvalue weighted by atomic mass is 10.1. The fourth-order valence-electron chi connectivity index (χ4n) is 4.66. The van der Waals surface area contributed by atoms with Crippen molar-refractivity contribution in [2.75, 3.05) is 5.32 Å². The van der Waals surface area contributed by atoms with Gasteiger partial charge >= 0.3 is 11.7 Å². The Morgan fingerprint density at radius 2 is 1.76 bits per heavy atom. The van der Waals surface area contributed by atoms with E-state index < -0.39 is 29.2 Å². The van der Waals surface area contributed by atoms with Crippen LogP contribution in [0.4, 0.5) is 5.69 Å². The molecule has 37 heavy (non-hydrogen) atoms. The number of amides is 1. The van der Waals surface area contributed by atoms with Crippen molar-refractivity contribution in [3.05, 3.63) is 69.6 Å². The largest absolute Gasteiger partial charge is 0.451 e. The zero-order valence-electron chi connectivity index (χ0n) is 20.9. The second kappa shape index (κ2) is 9.08. The van der Waals surface area contributed by atoms with Gasteiger partial charge in [0.2, 0.25) is 0 Å². The standard InChI is InChI=1S/C26H26N6O5/c1-5-32-19-9-7-6-8-17(19)18-12-16(10-11-20(18)32)28-24(34)15(2)37-21(33)13-31-14-27-23-22(31)25(35)30(4)26(36)29(23)3/h6-12,14-15H,5,13H2,1-4H3,(H,28,34). The van der Waals surface area contributed by atoms with Gasteiger partial charge < -0.3 is 19.2 Å². The summed E-state index contributed by atoms with van der Waals surface area (Å²) in [4.78, 5) is 54.1. The van der Waals surface area contributed by atoms with E-state index in [-0.39, 0.29) is 17.7 Å². The van der Waals surface area contributed by atoms with E-state index in [0.29, 0.717) is 5.69 Å². The Kier molecular flexibility index (Phi) is 5.90. The highest BCUT2D eigenvalue weighted by Crippen LogP contribution is 2.31. The number of hydrogen-bond acceptors (Lipinski definition) is 6. The molecular weight excluding hydrogens is 476 g/mol. The van der Waals surface area contributed by atoms with Crippen LogP contribution in [-0.2, 0) is 41.5 Å². The average Bonchev–Trinajstić information content (AvgIpc) is 3.44. The number of rotatable bonds is 6. The minimum absolute atomic E-state index is 0.0956. The van der Waals surface area contributed by atoms with Gasteiger partial charge in [-0.2, -0.15) is 0 Å². The van der Waals surface area contributed by atoms with E-state index in [9.17, 15) is 19.2 Å². The quantitative estimate of drug-likeness (QED) is 0.355. The third kappa shape index (κ3) is 3.98. The van der Waals surface area contributed by atoms with Crippen LogP contribution in [-0.4, -0.2) is 41.2 Å². The summed E-state index contributed by atoms with van der Waals surface area (Å²) < 4.78 is 11.0. The molecule has 0 aliphatic carbocycles. The smallest absolute Gasteiger partial charge is 0.332 e. The Morgan fingerprint density at radius 1 is 1.03 bits per heavy atom. The van der Waals surface area contributed by atoms with Crippen molar-refractivity contribution in [3.8, 4) is 0 Å². The van der Waals surface area contributed by atoms with Crippen molar-refractivity contribution >= 4 is 50.5 Å². The number of nitrogens with one attached hydrogen (secondary N) is 1. The van der Waals surface area contributed by atoms with E-state index in [0.717, 1.165) is 32.9 Å². The molecule has 3 aromatic heterocycles. The summed E-state index contributed by atoms with van der Waals surface area (Å²) in [7, 11) is 2.84. The predicted molar refractivity (Wildman–Crippen MR) is 140 cm³/mol. The van der Waals surface area contributed by atoms with Gasteiger partial charge in [-0.15, -0.1) is 0 Å². The molecule has 1 atom stereocenters. The van der Waals surface area contributed by atoms with Crippen molar-refractivity contribution in [1.29, 1.82) is 0 Å². The Labute approximate surface area is 210 Å². The summed E-state index contributed by atoms with van der Waals surface area (Å²) >= 11 is 0. The molecule has 1 N–H and O–H groups in total. The molecule has 0 aliphatic heterocycles. The van der Waals surface area contributed by atoms with Crippen LogP contribution in [0.1, 0.15) is 13.8 Å². The molecule has 0 saturated heterocycles. The van der Waals surface area contributed by atoms with Crippen LogP contribution >= 0.6 is 0 Å². The number of para-hydroxylation sites is 1. The number of carbonyl (C=O) groups is 2. The van der Waals surface area contributed by atoms with Gasteiger partial charge in [-0.25, -0.2) is 9.78 Å². The SMILES string of the molecule is CCn1c2ccccc2c2cc(NC(=O)C(C)OC(=O)Cn3cnc4c3c(=O)n(C)c(=O)n4C)ccc21. The molecule has 1 amide bonds. The third-order valence-electron chi connectivity index (χ3n) is 6.55. The Hall–Kier alpha value is -4.67. The first kappa shape index (κ1) is 24.0. The Balaban J connectivity index is 1.32. The van der Waals surface area contributed by atoms with Crippen LogP contribution in [0.2, 0.25) is 0 Å². The highest BCUT2D eigenvalue weighted by atomic mass is 16.5. The Bertz CT molecular complexity index is 1820. The van der Waals surface area contributed by atoms with Crippen molar-refractivity contribution in [1.82, 2.24) is 23.3 Å². The summed E-state index contributed by atoms with van der Waals surface area (Å²) in [6.45, 7) is 4.04. The van der Waals surface area contributed by atoms with Crippen LogP contribution < -0.4 is 16.6 Å². The number of ether oxygens (including phenoxy) is 1. The minimum Gasteiger partial charge on any atom is -0.451 e. The number of nitrogens with zero attached hydrogens (tertiary/aromatic N) is 5. The number of carbonyl (C=O) groups excluding carboxylic acids is 2. The van der Waals surface area contributed by atoms with Crippen LogP contribution in [0.25, 0.3) is 33.0 Å². The fraction of sp³-hybridized carbons (Fsp3) is 0.269. The molecular formula is C26H26N6O5. The normalized spacial score (nSPS) is 12.3. The molecule has 0 aliphatic rings. The predicted octanol–water partition coefficient (Wildman–Crippen LogP) is 2.13. The highest BCUT2D eigenvalue weighted by molar-refractivity contribution is 6.10. The molecule has 2 aromatic carbocycles. The number of aromatic nitrogens is 5. The number of anilines is 1. The van der Waals surface area contributed by atoms with Gasteiger partial charge in [0.1, 0.15) is 6.54 Å². The first-order valence-corrected chi connectivity index (χ1v) is 11.8. The molecule has 11 nitrogen and oxygen atoms in total. The maximum Gasteiger partial charge on any atom is 0.332 e. The number of hydrogen-bond donors (Lipinski definition) is 1. The van der Waals surface area contributed by atoms with Crippen LogP contribution in [0.15, 0.2) is 58.4 Å². The molecule has 0 radical (unpaired) electrons.